The first-order valence-corrected chi connectivity index (χ1v) is 10.0. The van der Waals surface area contributed by atoms with Crippen molar-refractivity contribution in [3.8, 4) is 0 Å². The molecule has 1 fully saturated rings. The van der Waals surface area contributed by atoms with E-state index in [1.54, 1.807) is 0 Å². The first-order chi connectivity index (χ1) is 10.4. The first kappa shape index (κ1) is 19.0. The summed E-state index contributed by atoms with van der Waals surface area (Å²) in [5.74, 6) is 0.590. The summed E-state index contributed by atoms with van der Waals surface area (Å²) in [7, 11) is 0. The molecule has 0 atom stereocenters. The molecule has 1 heteroatoms. The predicted octanol–water partition coefficient (Wildman–Crippen LogP) is 6.63. The minimum Gasteiger partial charge on any atom is -0.396 e. The van der Waals surface area contributed by atoms with E-state index in [4.69, 9.17) is 0 Å². The van der Waals surface area contributed by atoms with Gasteiger partial charge in [-0.3, -0.25) is 0 Å². The Bertz CT molecular complexity index is 182. The second kappa shape index (κ2) is 14.9. The molecule has 0 aromatic heterocycles. The van der Waals surface area contributed by atoms with Gasteiger partial charge < -0.3 is 5.11 Å². The number of rotatable bonds is 1. The Morgan fingerprint density at radius 2 is 0.667 bits per heavy atom. The lowest BCUT2D eigenvalue weighted by Gasteiger charge is -2.13. The standard InChI is InChI=1S/C20H40O/c21-19-20-17-15-13-11-9-7-5-3-1-2-4-6-8-10-12-14-16-18-20/h20-21H,1-19H2. The van der Waals surface area contributed by atoms with E-state index < -0.39 is 0 Å². The van der Waals surface area contributed by atoms with Gasteiger partial charge in [0.2, 0.25) is 0 Å². The van der Waals surface area contributed by atoms with Crippen LogP contribution in [0, 0.1) is 5.92 Å². The van der Waals surface area contributed by atoms with Crippen LogP contribution in [0.1, 0.15) is 116 Å². The predicted molar refractivity (Wildman–Crippen MR) is 93.7 cm³/mol. The van der Waals surface area contributed by atoms with Crippen molar-refractivity contribution < 1.29 is 5.11 Å². The highest BCUT2D eigenvalue weighted by Gasteiger charge is 2.07. The van der Waals surface area contributed by atoms with Crippen LogP contribution in [0.3, 0.4) is 0 Å². The molecule has 1 rings (SSSR count). The van der Waals surface area contributed by atoms with Gasteiger partial charge in [0.1, 0.15) is 0 Å². The minimum atomic E-state index is 0.417. The fourth-order valence-corrected chi connectivity index (χ4v) is 3.67. The first-order valence-electron chi connectivity index (χ1n) is 10.0. The van der Waals surface area contributed by atoms with Crippen molar-refractivity contribution in [1.82, 2.24) is 0 Å². The molecule has 0 aromatic carbocycles. The van der Waals surface area contributed by atoms with Crippen LogP contribution in [0.4, 0.5) is 0 Å². The zero-order valence-electron chi connectivity index (χ0n) is 14.5. The largest absolute Gasteiger partial charge is 0.396 e. The van der Waals surface area contributed by atoms with Gasteiger partial charge in [-0.15, -0.1) is 0 Å². The van der Waals surface area contributed by atoms with Gasteiger partial charge in [0, 0.05) is 6.61 Å². The molecule has 1 aliphatic rings. The van der Waals surface area contributed by atoms with Crippen LogP contribution in [0.15, 0.2) is 0 Å². The van der Waals surface area contributed by atoms with Gasteiger partial charge in [0.05, 0.1) is 0 Å². The number of hydrogen-bond acceptors (Lipinski definition) is 1. The highest BCUT2D eigenvalue weighted by molar-refractivity contribution is 4.60. The summed E-state index contributed by atoms with van der Waals surface area (Å²) in [6.45, 7) is 0.417. The third-order valence-corrected chi connectivity index (χ3v) is 5.23. The van der Waals surface area contributed by atoms with Crippen molar-refractivity contribution in [2.45, 2.75) is 116 Å². The lowest BCUT2D eigenvalue weighted by atomic mass is 9.95. The van der Waals surface area contributed by atoms with E-state index in [9.17, 15) is 5.11 Å². The second-order valence-corrected chi connectivity index (χ2v) is 7.28. The van der Waals surface area contributed by atoms with E-state index in [1.807, 2.05) is 0 Å². The topological polar surface area (TPSA) is 20.2 Å². The zero-order chi connectivity index (χ0) is 15.0. The van der Waals surface area contributed by atoms with Crippen LogP contribution in [-0.2, 0) is 0 Å². The molecule has 0 heterocycles. The van der Waals surface area contributed by atoms with Crippen LogP contribution in [-0.4, -0.2) is 11.7 Å². The molecule has 0 aliphatic heterocycles. The van der Waals surface area contributed by atoms with E-state index in [0.717, 1.165) is 0 Å². The van der Waals surface area contributed by atoms with Gasteiger partial charge in [-0.1, -0.05) is 103 Å². The average Bonchev–Trinajstić information content (AvgIpc) is 2.51. The summed E-state index contributed by atoms with van der Waals surface area (Å²) in [6.07, 6.45) is 25.3. The lowest BCUT2D eigenvalue weighted by Crippen LogP contribution is -2.06. The number of aliphatic hydroxyl groups excluding tert-OH is 1. The fraction of sp³-hybridized carbons (Fsp3) is 1.00. The summed E-state index contributed by atoms with van der Waals surface area (Å²) >= 11 is 0. The third kappa shape index (κ3) is 12.2. The van der Waals surface area contributed by atoms with Gasteiger partial charge in [0.15, 0.2) is 0 Å². The Hall–Kier alpha value is -0.0400. The Labute approximate surface area is 133 Å². The van der Waals surface area contributed by atoms with Crippen LogP contribution in [0.5, 0.6) is 0 Å². The number of hydrogen-bond donors (Lipinski definition) is 1. The molecule has 126 valence electrons. The summed E-state index contributed by atoms with van der Waals surface area (Å²) in [5, 5.41) is 9.48. The maximum atomic E-state index is 9.48. The SMILES string of the molecule is OCC1CCCCCCCCCCCCCCCCCC1. The molecule has 1 saturated carbocycles. The summed E-state index contributed by atoms with van der Waals surface area (Å²) in [5.41, 5.74) is 0. The maximum Gasteiger partial charge on any atom is 0.0459 e. The Morgan fingerprint density at radius 1 is 0.429 bits per heavy atom. The maximum absolute atomic E-state index is 9.48. The molecule has 1 aliphatic carbocycles. The fourth-order valence-electron chi connectivity index (χ4n) is 3.67. The highest BCUT2D eigenvalue weighted by Crippen LogP contribution is 2.20. The zero-order valence-corrected chi connectivity index (χ0v) is 14.5. The van der Waals surface area contributed by atoms with Crippen LogP contribution >= 0.6 is 0 Å². The van der Waals surface area contributed by atoms with Gasteiger partial charge in [-0.2, -0.15) is 0 Å². The lowest BCUT2D eigenvalue weighted by molar-refractivity contribution is 0.204. The quantitative estimate of drug-likeness (QED) is 0.575. The molecule has 0 amide bonds. The molecular formula is C20H40O. The van der Waals surface area contributed by atoms with E-state index in [2.05, 4.69) is 0 Å². The van der Waals surface area contributed by atoms with Crippen molar-refractivity contribution in [2.75, 3.05) is 6.61 Å². The Kier molecular flexibility index (Phi) is 13.5. The second-order valence-electron chi connectivity index (χ2n) is 7.28. The minimum absolute atomic E-state index is 0.417. The summed E-state index contributed by atoms with van der Waals surface area (Å²) in [4.78, 5) is 0. The average molecular weight is 297 g/mol. The van der Waals surface area contributed by atoms with Crippen molar-refractivity contribution in [3.63, 3.8) is 0 Å². The third-order valence-electron chi connectivity index (χ3n) is 5.23. The molecule has 0 unspecified atom stereocenters. The molecule has 0 bridgehead atoms. The van der Waals surface area contributed by atoms with Gasteiger partial charge in [-0.25, -0.2) is 0 Å². The molecule has 0 spiro atoms. The van der Waals surface area contributed by atoms with Crippen molar-refractivity contribution in [1.29, 1.82) is 0 Å². The van der Waals surface area contributed by atoms with Gasteiger partial charge >= 0.3 is 0 Å². The van der Waals surface area contributed by atoms with Crippen molar-refractivity contribution in [2.24, 2.45) is 5.92 Å². The van der Waals surface area contributed by atoms with E-state index in [0.29, 0.717) is 12.5 Å². The molecule has 1 nitrogen and oxygen atoms in total. The molecule has 0 radical (unpaired) electrons. The highest BCUT2D eigenvalue weighted by atomic mass is 16.3. The van der Waals surface area contributed by atoms with Crippen molar-refractivity contribution >= 4 is 0 Å². The van der Waals surface area contributed by atoms with Crippen molar-refractivity contribution in [3.05, 3.63) is 0 Å². The van der Waals surface area contributed by atoms with Crippen LogP contribution < -0.4 is 0 Å². The molecular weight excluding hydrogens is 256 g/mol. The Balaban J connectivity index is 2.14. The van der Waals surface area contributed by atoms with E-state index in [-0.39, 0.29) is 0 Å². The van der Waals surface area contributed by atoms with Crippen LogP contribution in [0.25, 0.3) is 0 Å². The summed E-state index contributed by atoms with van der Waals surface area (Å²) < 4.78 is 0. The molecule has 0 saturated heterocycles. The smallest absolute Gasteiger partial charge is 0.0459 e. The van der Waals surface area contributed by atoms with Crippen LogP contribution in [0.2, 0.25) is 0 Å². The normalized spacial score (nSPS) is 23.9. The van der Waals surface area contributed by atoms with E-state index in [1.165, 1.54) is 116 Å². The Morgan fingerprint density at radius 3 is 0.905 bits per heavy atom. The van der Waals surface area contributed by atoms with Gasteiger partial charge in [-0.05, 0) is 18.8 Å². The van der Waals surface area contributed by atoms with E-state index >= 15 is 0 Å². The van der Waals surface area contributed by atoms with Gasteiger partial charge in [0.25, 0.3) is 0 Å². The molecule has 1 N–H and O–H groups in total. The number of aliphatic hydroxyl groups is 1. The summed E-state index contributed by atoms with van der Waals surface area (Å²) in [6, 6.07) is 0. The molecule has 0 aromatic rings. The molecule has 21 heavy (non-hydrogen) atoms. The monoisotopic (exact) mass is 296 g/mol.